The first kappa shape index (κ1) is 30.2. The standard InChI is InChI=1S/C15H11F3O.C14H24N2OS/c1-10(19)13-4-2-3-5-14(13)11-6-8-12(9-7-11)15(16,17)18;1-5-7-11(8-6-2)14-16-12(9-18-14)13(17)15-10(3)4/h2-9H,1H3;9-11H,5-8H2,1-4H3,(H,15,17). The van der Waals surface area contributed by atoms with Crippen molar-refractivity contribution in [1.29, 1.82) is 0 Å². The van der Waals surface area contributed by atoms with E-state index >= 15 is 0 Å². The number of benzene rings is 2. The number of carbonyl (C=O) groups excluding carboxylic acids is 2. The van der Waals surface area contributed by atoms with Crippen molar-refractivity contribution >= 4 is 23.0 Å². The van der Waals surface area contributed by atoms with Crippen LogP contribution in [0.1, 0.15) is 97.6 Å². The molecule has 0 spiro atoms. The number of carbonyl (C=O) groups is 2. The van der Waals surface area contributed by atoms with Crippen molar-refractivity contribution in [1.82, 2.24) is 10.3 Å². The predicted octanol–water partition coefficient (Wildman–Crippen LogP) is 8.54. The lowest BCUT2D eigenvalue weighted by molar-refractivity contribution is -0.137. The molecule has 3 rings (SSSR count). The molecular formula is C29H35F3N2O2S. The number of hydrogen-bond acceptors (Lipinski definition) is 4. The maximum Gasteiger partial charge on any atom is 0.416 e. The summed E-state index contributed by atoms with van der Waals surface area (Å²) in [7, 11) is 0. The number of thiazole rings is 1. The Bertz CT molecular complexity index is 1150. The first-order chi connectivity index (χ1) is 17.5. The summed E-state index contributed by atoms with van der Waals surface area (Å²) in [5.41, 5.74) is 1.61. The molecule has 1 heterocycles. The van der Waals surface area contributed by atoms with E-state index < -0.39 is 11.7 Å². The molecule has 3 aromatic rings. The van der Waals surface area contributed by atoms with Gasteiger partial charge in [0.1, 0.15) is 5.69 Å². The fourth-order valence-electron chi connectivity index (χ4n) is 3.88. The molecule has 0 radical (unpaired) electrons. The molecule has 1 aromatic heterocycles. The van der Waals surface area contributed by atoms with Crippen molar-refractivity contribution in [2.45, 2.75) is 78.4 Å². The molecular weight excluding hydrogens is 497 g/mol. The molecule has 0 saturated carbocycles. The number of nitrogens with one attached hydrogen (secondary N) is 1. The van der Waals surface area contributed by atoms with Crippen molar-refractivity contribution in [3.05, 3.63) is 75.7 Å². The molecule has 37 heavy (non-hydrogen) atoms. The summed E-state index contributed by atoms with van der Waals surface area (Å²) in [6.45, 7) is 9.75. The van der Waals surface area contributed by atoms with Crippen LogP contribution in [0.4, 0.5) is 13.2 Å². The highest BCUT2D eigenvalue weighted by Crippen LogP contribution is 2.32. The number of hydrogen-bond donors (Lipinski definition) is 1. The molecule has 8 heteroatoms. The van der Waals surface area contributed by atoms with Crippen LogP contribution < -0.4 is 5.32 Å². The maximum absolute atomic E-state index is 12.5. The third-order valence-corrected chi connectivity index (χ3v) is 6.63. The summed E-state index contributed by atoms with van der Waals surface area (Å²) in [5, 5.41) is 5.88. The van der Waals surface area contributed by atoms with Gasteiger partial charge in [-0.05, 0) is 56.9 Å². The first-order valence-electron chi connectivity index (χ1n) is 12.5. The highest BCUT2D eigenvalue weighted by molar-refractivity contribution is 7.09. The van der Waals surface area contributed by atoms with Crippen LogP contribution in [0, 0.1) is 0 Å². The summed E-state index contributed by atoms with van der Waals surface area (Å²) in [4.78, 5) is 27.8. The van der Waals surface area contributed by atoms with Crippen LogP contribution in [0.2, 0.25) is 0 Å². The zero-order chi connectivity index (χ0) is 27.6. The number of ketones is 1. The van der Waals surface area contributed by atoms with Gasteiger partial charge in [0.25, 0.3) is 5.91 Å². The highest BCUT2D eigenvalue weighted by Gasteiger charge is 2.30. The van der Waals surface area contributed by atoms with Crippen molar-refractivity contribution < 1.29 is 22.8 Å². The highest BCUT2D eigenvalue weighted by atomic mass is 32.1. The first-order valence-corrected chi connectivity index (χ1v) is 13.4. The molecule has 0 saturated heterocycles. The monoisotopic (exact) mass is 532 g/mol. The fourth-order valence-corrected chi connectivity index (χ4v) is 4.86. The van der Waals surface area contributed by atoms with E-state index in [2.05, 4.69) is 24.1 Å². The number of alkyl halides is 3. The van der Waals surface area contributed by atoms with Gasteiger partial charge >= 0.3 is 6.18 Å². The summed E-state index contributed by atoms with van der Waals surface area (Å²) in [6, 6.07) is 11.8. The number of nitrogens with zero attached hydrogens (tertiary/aromatic N) is 1. The van der Waals surface area contributed by atoms with Gasteiger partial charge in [-0.3, -0.25) is 9.59 Å². The number of rotatable bonds is 9. The average Bonchev–Trinajstić information content (AvgIpc) is 3.34. The molecule has 1 amide bonds. The van der Waals surface area contributed by atoms with E-state index in [4.69, 9.17) is 0 Å². The lowest BCUT2D eigenvalue weighted by atomic mass is 9.97. The molecule has 0 aliphatic carbocycles. The van der Waals surface area contributed by atoms with E-state index in [0.29, 0.717) is 28.3 Å². The van der Waals surface area contributed by atoms with E-state index in [-0.39, 0.29) is 17.7 Å². The van der Waals surface area contributed by atoms with Crippen LogP contribution in [0.5, 0.6) is 0 Å². The van der Waals surface area contributed by atoms with E-state index in [1.165, 1.54) is 19.1 Å². The Hall–Kier alpha value is -3.00. The van der Waals surface area contributed by atoms with Crippen LogP contribution in [-0.2, 0) is 6.18 Å². The third-order valence-electron chi connectivity index (χ3n) is 5.63. The Morgan fingerprint density at radius 3 is 2.08 bits per heavy atom. The van der Waals surface area contributed by atoms with Crippen LogP contribution in [0.25, 0.3) is 11.1 Å². The van der Waals surface area contributed by atoms with Gasteiger partial charge in [0.15, 0.2) is 5.78 Å². The van der Waals surface area contributed by atoms with Crippen LogP contribution in [0.3, 0.4) is 0 Å². The molecule has 2 aromatic carbocycles. The number of amides is 1. The van der Waals surface area contributed by atoms with Gasteiger partial charge in [-0.2, -0.15) is 13.2 Å². The van der Waals surface area contributed by atoms with Crippen molar-refractivity contribution in [3.8, 4) is 11.1 Å². The molecule has 0 aliphatic rings. The molecule has 0 atom stereocenters. The van der Waals surface area contributed by atoms with Gasteiger partial charge in [-0.15, -0.1) is 11.3 Å². The lowest BCUT2D eigenvalue weighted by Gasteiger charge is -2.11. The smallest absolute Gasteiger partial charge is 0.349 e. The molecule has 0 fully saturated rings. The van der Waals surface area contributed by atoms with Gasteiger partial charge in [0.2, 0.25) is 0 Å². The summed E-state index contributed by atoms with van der Waals surface area (Å²) in [5.74, 6) is 0.348. The SMILES string of the molecule is CC(=O)c1ccccc1-c1ccc(C(F)(F)F)cc1.CCCC(CCC)c1nc(C(=O)NC(C)C)cs1. The van der Waals surface area contributed by atoms with Crippen LogP contribution in [-0.4, -0.2) is 22.7 Å². The third kappa shape index (κ3) is 9.11. The van der Waals surface area contributed by atoms with Gasteiger partial charge in [0.05, 0.1) is 10.6 Å². The fraction of sp³-hybridized carbons (Fsp3) is 0.414. The van der Waals surface area contributed by atoms with E-state index in [1.807, 2.05) is 19.2 Å². The minimum absolute atomic E-state index is 0.0563. The predicted molar refractivity (Wildman–Crippen MR) is 144 cm³/mol. The second-order valence-corrected chi connectivity index (χ2v) is 10.0. The normalized spacial score (nSPS) is 11.3. The summed E-state index contributed by atoms with van der Waals surface area (Å²) >= 11 is 1.62. The van der Waals surface area contributed by atoms with Crippen LogP contribution in [0.15, 0.2) is 53.9 Å². The quantitative estimate of drug-likeness (QED) is 0.281. The van der Waals surface area contributed by atoms with E-state index in [9.17, 15) is 22.8 Å². The minimum atomic E-state index is -4.35. The Morgan fingerprint density at radius 1 is 0.973 bits per heavy atom. The maximum atomic E-state index is 12.5. The van der Waals surface area contributed by atoms with Crippen LogP contribution >= 0.6 is 11.3 Å². The Balaban J connectivity index is 0.000000261. The van der Waals surface area contributed by atoms with E-state index in [0.717, 1.165) is 42.8 Å². The molecule has 0 aliphatic heterocycles. The van der Waals surface area contributed by atoms with E-state index in [1.54, 1.807) is 35.6 Å². The number of Topliss-reactive ketones (excluding diaryl/α,β-unsaturated/α-hetero) is 1. The van der Waals surface area contributed by atoms with Gasteiger partial charge in [-0.1, -0.05) is 63.1 Å². The molecule has 0 unspecified atom stereocenters. The molecule has 0 bridgehead atoms. The lowest BCUT2D eigenvalue weighted by Crippen LogP contribution is -2.30. The zero-order valence-electron chi connectivity index (χ0n) is 22.0. The second kappa shape index (κ2) is 14.1. The average molecular weight is 533 g/mol. The topological polar surface area (TPSA) is 59.1 Å². The number of aromatic nitrogens is 1. The summed E-state index contributed by atoms with van der Waals surface area (Å²) in [6.07, 6.45) is 0.299. The van der Waals surface area contributed by atoms with Crippen molar-refractivity contribution in [2.24, 2.45) is 0 Å². The minimum Gasteiger partial charge on any atom is -0.349 e. The molecule has 200 valence electrons. The largest absolute Gasteiger partial charge is 0.416 e. The zero-order valence-corrected chi connectivity index (χ0v) is 22.8. The molecule has 4 nitrogen and oxygen atoms in total. The second-order valence-electron chi connectivity index (χ2n) is 9.15. The Labute approximate surface area is 221 Å². The van der Waals surface area contributed by atoms with Gasteiger partial charge in [0, 0.05) is 22.9 Å². The van der Waals surface area contributed by atoms with Crippen molar-refractivity contribution in [2.75, 3.05) is 0 Å². The number of halogens is 3. The van der Waals surface area contributed by atoms with Gasteiger partial charge < -0.3 is 5.32 Å². The Morgan fingerprint density at radius 2 is 1.57 bits per heavy atom. The molecule has 1 N–H and O–H groups in total. The van der Waals surface area contributed by atoms with Crippen molar-refractivity contribution in [3.63, 3.8) is 0 Å². The van der Waals surface area contributed by atoms with Gasteiger partial charge in [-0.25, -0.2) is 4.98 Å². The Kier molecular flexibility index (Phi) is 11.5. The summed E-state index contributed by atoms with van der Waals surface area (Å²) < 4.78 is 37.4.